The molecule has 1 amide bonds. The van der Waals surface area contributed by atoms with E-state index in [-0.39, 0.29) is 18.2 Å². The lowest BCUT2D eigenvalue weighted by Crippen LogP contribution is -2.27. The molecule has 3 aromatic heterocycles. The zero-order valence-electron chi connectivity index (χ0n) is 14.5. The Labute approximate surface area is 158 Å². The summed E-state index contributed by atoms with van der Waals surface area (Å²) in [7, 11) is 1.60. The Morgan fingerprint density at radius 3 is 3.00 bits per heavy atom. The van der Waals surface area contributed by atoms with E-state index in [4.69, 9.17) is 9.26 Å². The summed E-state index contributed by atoms with van der Waals surface area (Å²) in [5, 5.41) is 12.9. The van der Waals surface area contributed by atoms with Gasteiger partial charge in [0.05, 0.1) is 12.8 Å². The summed E-state index contributed by atoms with van der Waals surface area (Å²) in [5.74, 6) is 1.28. The maximum Gasteiger partial charge on any atom is 0.236 e. The lowest BCUT2D eigenvalue weighted by molar-refractivity contribution is -0.120. The molecule has 0 radical (unpaired) electrons. The number of methoxy groups -OCH3 is 1. The van der Waals surface area contributed by atoms with Crippen LogP contribution in [0.25, 0.3) is 16.3 Å². The first kappa shape index (κ1) is 17.2. The molecule has 0 aliphatic carbocycles. The molecule has 9 nitrogen and oxygen atoms in total. The molecule has 27 heavy (non-hydrogen) atoms. The van der Waals surface area contributed by atoms with Gasteiger partial charge in [-0.2, -0.15) is 10.1 Å². The fraction of sp³-hybridized carbons (Fsp3) is 0.235. The Morgan fingerprint density at radius 2 is 2.19 bits per heavy atom. The molecule has 4 aromatic rings. The third kappa shape index (κ3) is 3.80. The van der Waals surface area contributed by atoms with Gasteiger partial charge >= 0.3 is 0 Å². The van der Waals surface area contributed by atoms with E-state index in [9.17, 15) is 4.79 Å². The van der Waals surface area contributed by atoms with Crippen molar-refractivity contribution in [3.63, 3.8) is 0 Å². The van der Waals surface area contributed by atoms with E-state index in [1.54, 1.807) is 11.6 Å². The summed E-state index contributed by atoms with van der Waals surface area (Å²) in [6.45, 7) is 0.490. The predicted octanol–water partition coefficient (Wildman–Crippen LogP) is 1.75. The number of hydrogen-bond donors (Lipinski definition) is 1. The highest BCUT2D eigenvalue weighted by Crippen LogP contribution is 2.19. The molecule has 1 N–H and O–H groups in total. The predicted molar refractivity (Wildman–Crippen MR) is 97.6 cm³/mol. The molecule has 0 saturated carbocycles. The van der Waals surface area contributed by atoms with Crippen LogP contribution < -0.4 is 10.1 Å². The fourth-order valence-electron chi connectivity index (χ4n) is 2.56. The van der Waals surface area contributed by atoms with Gasteiger partial charge in [-0.15, -0.1) is 11.3 Å². The van der Waals surface area contributed by atoms with E-state index in [1.165, 1.54) is 17.7 Å². The van der Waals surface area contributed by atoms with Crippen LogP contribution in [0.2, 0.25) is 0 Å². The first-order valence-electron chi connectivity index (χ1n) is 8.23. The number of rotatable bonds is 7. The number of thiazole rings is 1. The van der Waals surface area contributed by atoms with Crippen molar-refractivity contribution in [2.45, 2.75) is 12.8 Å². The van der Waals surface area contributed by atoms with E-state index < -0.39 is 0 Å². The van der Waals surface area contributed by atoms with Gasteiger partial charge in [0, 0.05) is 23.9 Å². The van der Waals surface area contributed by atoms with Crippen molar-refractivity contribution >= 4 is 22.2 Å². The standard InChI is InChI=1S/C17H16N6O3S/c1-25-13-4-2-11(3-5-13)16-21-15(26-22-16)8-14(24)18-7-6-12-9-27-17-19-10-20-23(12)17/h2-5,9-10H,6-8H2,1H3,(H,18,24). The van der Waals surface area contributed by atoms with Crippen LogP contribution in [0.4, 0.5) is 0 Å². The number of amides is 1. The average molecular weight is 384 g/mol. The van der Waals surface area contributed by atoms with Gasteiger partial charge in [0.25, 0.3) is 0 Å². The molecule has 10 heteroatoms. The van der Waals surface area contributed by atoms with Gasteiger partial charge in [-0.05, 0) is 24.3 Å². The van der Waals surface area contributed by atoms with E-state index in [0.29, 0.717) is 18.8 Å². The summed E-state index contributed by atoms with van der Waals surface area (Å²) in [4.78, 5) is 21.3. The minimum atomic E-state index is -0.176. The molecule has 1 aromatic carbocycles. The van der Waals surface area contributed by atoms with Crippen molar-refractivity contribution < 1.29 is 14.1 Å². The normalized spacial score (nSPS) is 11.0. The topological polar surface area (TPSA) is 107 Å². The molecule has 3 heterocycles. The number of ether oxygens (including phenoxy) is 1. The molecule has 4 rings (SSSR count). The maximum absolute atomic E-state index is 12.1. The number of fused-ring (bicyclic) bond motifs is 1. The van der Waals surface area contributed by atoms with Gasteiger partial charge in [-0.3, -0.25) is 4.79 Å². The summed E-state index contributed by atoms with van der Waals surface area (Å²) in [6.07, 6.45) is 2.21. The number of hydrogen-bond acceptors (Lipinski definition) is 8. The number of carbonyl (C=O) groups is 1. The Balaban J connectivity index is 1.30. The maximum atomic E-state index is 12.1. The molecule has 0 bridgehead atoms. The molecule has 0 aliphatic heterocycles. The highest BCUT2D eigenvalue weighted by atomic mass is 32.1. The minimum Gasteiger partial charge on any atom is -0.497 e. The smallest absolute Gasteiger partial charge is 0.236 e. The Bertz CT molecular complexity index is 1050. The molecule has 0 atom stereocenters. The quantitative estimate of drug-likeness (QED) is 0.517. The van der Waals surface area contributed by atoms with E-state index in [0.717, 1.165) is 22.0 Å². The summed E-state index contributed by atoms with van der Waals surface area (Å²) in [6, 6.07) is 7.29. The Kier molecular flexibility index (Phi) is 4.79. The van der Waals surface area contributed by atoms with Gasteiger partial charge in [-0.1, -0.05) is 5.16 Å². The van der Waals surface area contributed by atoms with Gasteiger partial charge < -0.3 is 14.6 Å². The van der Waals surface area contributed by atoms with Crippen molar-refractivity contribution in [2.75, 3.05) is 13.7 Å². The van der Waals surface area contributed by atoms with Gasteiger partial charge in [-0.25, -0.2) is 9.50 Å². The Morgan fingerprint density at radius 1 is 1.33 bits per heavy atom. The number of benzene rings is 1. The van der Waals surface area contributed by atoms with Crippen LogP contribution in [0.3, 0.4) is 0 Å². The highest BCUT2D eigenvalue weighted by molar-refractivity contribution is 7.15. The zero-order chi connectivity index (χ0) is 18.6. The SMILES string of the molecule is COc1ccc(-c2noc(CC(=O)NCCc3csc4ncnn34)n2)cc1. The third-order valence-electron chi connectivity index (χ3n) is 3.92. The molecule has 0 unspecified atom stereocenters. The molecule has 0 spiro atoms. The second-order valence-corrected chi connectivity index (χ2v) is 6.53. The van der Waals surface area contributed by atoms with Crippen LogP contribution in [0.1, 0.15) is 11.6 Å². The molecule has 0 saturated heterocycles. The minimum absolute atomic E-state index is 0.0333. The van der Waals surface area contributed by atoms with Crippen molar-refractivity contribution in [1.82, 2.24) is 30.1 Å². The van der Waals surface area contributed by atoms with Gasteiger partial charge in [0.2, 0.25) is 22.6 Å². The van der Waals surface area contributed by atoms with E-state index >= 15 is 0 Å². The average Bonchev–Trinajstić information content (AvgIpc) is 3.40. The molecular formula is C17H16N6O3S. The van der Waals surface area contributed by atoms with Crippen LogP contribution in [0, 0.1) is 0 Å². The summed E-state index contributed by atoms with van der Waals surface area (Å²) in [5.41, 5.74) is 1.80. The molecular weight excluding hydrogens is 368 g/mol. The van der Waals surface area contributed by atoms with E-state index in [1.807, 2.05) is 29.6 Å². The largest absolute Gasteiger partial charge is 0.497 e. The van der Waals surface area contributed by atoms with Crippen LogP contribution >= 0.6 is 11.3 Å². The number of carbonyl (C=O) groups excluding carboxylic acids is 1. The first-order valence-corrected chi connectivity index (χ1v) is 9.10. The monoisotopic (exact) mass is 384 g/mol. The van der Waals surface area contributed by atoms with Crippen molar-refractivity contribution in [1.29, 1.82) is 0 Å². The van der Waals surface area contributed by atoms with Crippen LogP contribution in [-0.2, 0) is 17.6 Å². The Hall–Kier alpha value is -3.27. The van der Waals surface area contributed by atoms with Crippen LogP contribution in [-0.4, -0.2) is 44.3 Å². The second-order valence-electron chi connectivity index (χ2n) is 5.70. The second kappa shape index (κ2) is 7.54. The lowest BCUT2D eigenvalue weighted by atomic mass is 10.2. The highest BCUT2D eigenvalue weighted by Gasteiger charge is 2.13. The van der Waals surface area contributed by atoms with Crippen molar-refractivity contribution in [3.05, 3.63) is 47.6 Å². The molecule has 138 valence electrons. The van der Waals surface area contributed by atoms with Crippen LogP contribution in [0.5, 0.6) is 5.75 Å². The third-order valence-corrected chi connectivity index (χ3v) is 4.80. The van der Waals surface area contributed by atoms with Crippen molar-refractivity contribution in [3.8, 4) is 17.1 Å². The molecule has 0 fully saturated rings. The fourth-order valence-corrected chi connectivity index (χ4v) is 3.39. The lowest BCUT2D eigenvalue weighted by Gasteiger charge is -2.02. The van der Waals surface area contributed by atoms with Gasteiger partial charge in [0.15, 0.2) is 0 Å². The molecule has 0 aliphatic rings. The van der Waals surface area contributed by atoms with E-state index in [2.05, 4.69) is 25.5 Å². The summed E-state index contributed by atoms with van der Waals surface area (Å²) >= 11 is 1.52. The zero-order valence-corrected chi connectivity index (χ0v) is 15.3. The van der Waals surface area contributed by atoms with Gasteiger partial charge in [0.1, 0.15) is 18.5 Å². The number of nitrogens with one attached hydrogen (secondary N) is 1. The first-order chi connectivity index (χ1) is 13.2. The van der Waals surface area contributed by atoms with Crippen LogP contribution in [0.15, 0.2) is 40.5 Å². The summed E-state index contributed by atoms with van der Waals surface area (Å²) < 4.78 is 12.1. The number of aromatic nitrogens is 5. The van der Waals surface area contributed by atoms with Crippen molar-refractivity contribution in [2.24, 2.45) is 0 Å². The number of nitrogens with zero attached hydrogens (tertiary/aromatic N) is 5.